The van der Waals surface area contributed by atoms with Gasteiger partial charge in [0.25, 0.3) is 0 Å². The molecule has 0 fully saturated rings. The SMILES string of the molecule is C=CCN(CC=C)C(CC)Cc1ccc2c(c1)NCCO2. The molecule has 0 saturated heterocycles. The Balaban J connectivity index is 2.09. The normalized spacial score (nSPS) is 14.8. The van der Waals surface area contributed by atoms with E-state index in [0.29, 0.717) is 6.04 Å². The van der Waals surface area contributed by atoms with Crippen LogP contribution in [0.25, 0.3) is 0 Å². The summed E-state index contributed by atoms with van der Waals surface area (Å²) in [6, 6.07) is 6.98. The van der Waals surface area contributed by atoms with Gasteiger partial charge >= 0.3 is 0 Å². The summed E-state index contributed by atoms with van der Waals surface area (Å²) in [6.07, 6.45) is 6.08. The van der Waals surface area contributed by atoms with E-state index in [-0.39, 0.29) is 0 Å². The predicted octanol–water partition coefficient (Wildman–Crippen LogP) is 3.49. The van der Waals surface area contributed by atoms with Crippen molar-refractivity contribution >= 4 is 5.69 Å². The van der Waals surface area contributed by atoms with Gasteiger partial charge in [-0.3, -0.25) is 4.90 Å². The second kappa shape index (κ2) is 7.89. The van der Waals surface area contributed by atoms with Crippen molar-refractivity contribution in [1.82, 2.24) is 4.90 Å². The van der Waals surface area contributed by atoms with Gasteiger partial charge in [0, 0.05) is 25.7 Å². The zero-order valence-electron chi connectivity index (χ0n) is 13.0. The topological polar surface area (TPSA) is 24.5 Å². The summed E-state index contributed by atoms with van der Waals surface area (Å²) in [5.41, 5.74) is 2.46. The maximum absolute atomic E-state index is 5.63. The molecule has 3 heteroatoms. The van der Waals surface area contributed by atoms with E-state index < -0.39 is 0 Å². The minimum Gasteiger partial charge on any atom is -0.490 e. The van der Waals surface area contributed by atoms with Crippen molar-refractivity contribution in [1.29, 1.82) is 0 Å². The molecule has 1 aliphatic heterocycles. The summed E-state index contributed by atoms with van der Waals surface area (Å²) < 4.78 is 5.63. The Labute approximate surface area is 128 Å². The van der Waals surface area contributed by atoms with E-state index in [9.17, 15) is 0 Å². The van der Waals surface area contributed by atoms with Crippen molar-refractivity contribution < 1.29 is 4.74 Å². The molecule has 1 aromatic rings. The highest BCUT2D eigenvalue weighted by Gasteiger charge is 2.17. The first kappa shape index (κ1) is 15.6. The first-order valence-corrected chi connectivity index (χ1v) is 7.74. The molecular weight excluding hydrogens is 260 g/mol. The van der Waals surface area contributed by atoms with Crippen LogP contribution >= 0.6 is 0 Å². The van der Waals surface area contributed by atoms with E-state index in [2.05, 4.69) is 48.5 Å². The fourth-order valence-electron chi connectivity index (χ4n) is 2.82. The van der Waals surface area contributed by atoms with Gasteiger partial charge in [-0.1, -0.05) is 25.1 Å². The van der Waals surface area contributed by atoms with Crippen molar-refractivity contribution in [3.8, 4) is 5.75 Å². The lowest BCUT2D eigenvalue weighted by molar-refractivity contribution is 0.232. The lowest BCUT2D eigenvalue weighted by Crippen LogP contribution is -2.36. The smallest absolute Gasteiger partial charge is 0.142 e. The van der Waals surface area contributed by atoms with Gasteiger partial charge in [-0.15, -0.1) is 13.2 Å². The molecular formula is C18H26N2O. The molecule has 1 atom stereocenters. The van der Waals surface area contributed by atoms with Gasteiger partial charge in [-0.05, 0) is 30.5 Å². The molecule has 0 spiro atoms. The summed E-state index contributed by atoms with van der Waals surface area (Å²) in [5.74, 6) is 0.965. The van der Waals surface area contributed by atoms with Gasteiger partial charge < -0.3 is 10.1 Å². The second-order valence-electron chi connectivity index (χ2n) is 5.40. The predicted molar refractivity (Wildman–Crippen MR) is 90.2 cm³/mol. The van der Waals surface area contributed by atoms with Crippen LogP contribution in [0.2, 0.25) is 0 Å². The fraction of sp³-hybridized carbons (Fsp3) is 0.444. The Bertz CT molecular complexity index is 474. The molecule has 2 rings (SSSR count). The fourth-order valence-corrected chi connectivity index (χ4v) is 2.82. The minimum absolute atomic E-state index is 0.503. The maximum Gasteiger partial charge on any atom is 0.142 e. The minimum atomic E-state index is 0.503. The van der Waals surface area contributed by atoms with E-state index in [1.54, 1.807) is 0 Å². The highest BCUT2D eigenvalue weighted by atomic mass is 16.5. The van der Waals surface area contributed by atoms with Gasteiger partial charge in [0.1, 0.15) is 12.4 Å². The maximum atomic E-state index is 5.63. The Morgan fingerprint density at radius 1 is 1.33 bits per heavy atom. The highest BCUT2D eigenvalue weighted by molar-refractivity contribution is 5.59. The molecule has 0 aromatic heterocycles. The van der Waals surface area contributed by atoms with Crippen molar-refractivity contribution in [2.24, 2.45) is 0 Å². The van der Waals surface area contributed by atoms with Crippen molar-refractivity contribution in [3.05, 3.63) is 49.1 Å². The molecule has 1 N–H and O–H groups in total. The largest absolute Gasteiger partial charge is 0.490 e. The van der Waals surface area contributed by atoms with Gasteiger partial charge in [0.05, 0.1) is 5.69 Å². The molecule has 114 valence electrons. The van der Waals surface area contributed by atoms with Crippen molar-refractivity contribution in [2.45, 2.75) is 25.8 Å². The lowest BCUT2D eigenvalue weighted by atomic mass is 10.0. The summed E-state index contributed by atoms with van der Waals surface area (Å²) in [7, 11) is 0. The number of hydrogen-bond donors (Lipinski definition) is 1. The number of ether oxygens (including phenoxy) is 1. The van der Waals surface area contributed by atoms with E-state index in [1.807, 2.05) is 12.2 Å². The summed E-state index contributed by atoms with van der Waals surface area (Å²) in [4.78, 5) is 2.42. The molecule has 0 bridgehead atoms. The standard InChI is InChI=1S/C18H26N2O/c1-4-10-20(11-5-2)16(6-3)13-15-7-8-18-17(14-15)19-9-12-21-18/h4-5,7-8,14,16,19H,1-2,6,9-13H2,3H3. The van der Waals surface area contributed by atoms with Gasteiger partial charge in [0.15, 0.2) is 0 Å². The van der Waals surface area contributed by atoms with Crippen molar-refractivity contribution in [3.63, 3.8) is 0 Å². The van der Waals surface area contributed by atoms with Crippen LogP contribution in [0.4, 0.5) is 5.69 Å². The molecule has 1 aliphatic rings. The van der Waals surface area contributed by atoms with Crippen LogP contribution in [0, 0.1) is 0 Å². The number of anilines is 1. The van der Waals surface area contributed by atoms with E-state index in [4.69, 9.17) is 4.74 Å². The van der Waals surface area contributed by atoms with Gasteiger partial charge in [-0.25, -0.2) is 0 Å². The molecule has 0 amide bonds. The average Bonchev–Trinajstić information content (AvgIpc) is 2.52. The number of nitrogens with zero attached hydrogens (tertiary/aromatic N) is 1. The zero-order valence-corrected chi connectivity index (χ0v) is 13.0. The highest BCUT2D eigenvalue weighted by Crippen LogP contribution is 2.29. The zero-order chi connectivity index (χ0) is 15.1. The van der Waals surface area contributed by atoms with Crippen LogP contribution in [-0.2, 0) is 6.42 Å². The number of hydrogen-bond acceptors (Lipinski definition) is 3. The van der Waals surface area contributed by atoms with E-state index in [0.717, 1.165) is 50.5 Å². The molecule has 1 aromatic carbocycles. The van der Waals surface area contributed by atoms with Crippen LogP contribution in [0.5, 0.6) is 5.75 Å². The van der Waals surface area contributed by atoms with E-state index in [1.165, 1.54) is 5.56 Å². The third-order valence-electron chi connectivity index (χ3n) is 3.91. The lowest BCUT2D eigenvalue weighted by Gasteiger charge is -2.29. The Kier molecular flexibility index (Phi) is 5.88. The Morgan fingerprint density at radius 2 is 2.10 bits per heavy atom. The molecule has 0 saturated carbocycles. The van der Waals surface area contributed by atoms with Crippen LogP contribution in [0.1, 0.15) is 18.9 Å². The van der Waals surface area contributed by atoms with Crippen LogP contribution in [0.15, 0.2) is 43.5 Å². The van der Waals surface area contributed by atoms with Gasteiger partial charge in [0.2, 0.25) is 0 Å². The Hall–Kier alpha value is -1.74. The first-order chi connectivity index (χ1) is 10.3. The number of fused-ring (bicyclic) bond motifs is 1. The molecule has 1 unspecified atom stereocenters. The number of nitrogens with one attached hydrogen (secondary N) is 1. The van der Waals surface area contributed by atoms with Crippen LogP contribution < -0.4 is 10.1 Å². The monoisotopic (exact) mass is 286 g/mol. The summed E-state index contributed by atoms with van der Waals surface area (Å²) in [6.45, 7) is 13.4. The molecule has 0 aliphatic carbocycles. The van der Waals surface area contributed by atoms with Crippen molar-refractivity contribution in [2.75, 3.05) is 31.6 Å². The molecule has 3 nitrogen and oxygen atoms in total. The second-order valence-corrected chi connectivity index (χ2v) is 5.40. The van der Waals surface area contributed by atoms with Gasteiger partial charge in [-0.2, -0.15) is 0 Å². The summed E-state index contributed by atoms with van der Waals surface area (Å²) in [5, 5.41) is 3.40. The van der Waals surface area contributed by atoms with Crippen LogP contribution in [0.3, 0.4) is 0 Å². The quantitative estimate of drug-likeness (QED) is 0.740. The van der Waals surface area contributed by atoms with Crippen LogP contribution in [-0.4, -0.2) is 37.2 Å². The molecule has 1 heterocycles. The summed E-state index contributed by atoms with van der Waals surface area (Å²) >= 11 is 0. The number of benzene rings is 1. The Morgan fingerprint density at radius 3 is 2.76 bits per heavy atom. The molecule has 21 heavy (non-hydrogen) atoms. The number of rotatable bonds is 8. The molecule has 0 radical (unpaired) electrons. The third kappa shape index (κ3) is 4.11. The first-order valence-electron chi connectivity index (χ1n) is 7.74. The van der Waals surface area contributed by atoms with E-state index >= 15 is 0 Å². The third-order valence-corrected chi connectivity index (χ3v) is 3.91. The average molecular weight is 286 g/mol.